The van der Waals surface area contributed by atoms with E-state index >= 15 is 0 Å². The second-order valence-corrected chi connectivity index (χ2v) is 29.3. The number of hydrogen-bond acceptors (Lipinski definition) is 13. The highest BCUT2D eigenvalue weighted by atomic mass is 16.7. The van der Waals surface area contributed by atoms with Crippen molar-refractivity contribution >= 4 is 5.91 Å². The topological polar surface area (TPSA) is 228 Å². The highest BCUT2D eigenvalue weighted by Crippen LogP contribution is 2.30. The van der Waals surface area contributed by atoms with E-state index in [1.807, 2.05) is 6.08 Å². The first-order valence-electron chi connectivity index (χ1n) is 41.1. The molecule has 95 heavy (non-hydrogen) atoms. The van der Waals surface area contributed by atoms with E-state index in [1.165, 1.54) is 327 Å². The van der Waals surface area contributed by atoms with Crippen molar-refractivity contribution in [2.75, 3.05) is 19.8 Å². The lowest BCUT2D eigenvalue weighted by molar-refractivity contribution is -0.359. The minimum Gasteiger partial charge on any atom is -0.394 e. The number of amides is 1. The number of allylic oxidation sites excluding steroid dienone is 3. The Kier molecular flexibility index (Phi) is 62.0. The van der Waals surface area contributed by atoms with Crippen LogP contribution in [0.15, 0.2) is 24.3 Å². The van der Waals surface area contributed by atoms with Gasteiger partial charge in [-0.1, -0.05) is 378 Å². The summed E-state index contributed by atoms with van der Waals surface area (Å²) in [6.07, 6.45) is 68.5. The van der Waals surface area contributed by atoms with Gasteiger partial charge in [-0.25, -0.2) is 0 Å². The van der Waals surface area contributed by atoms with Gasteiger partial charge in [0.15, 0.2) is 12.6 Å². The van der Waals surface area contributed by atoms with Gasteiger partial charge < -0.3 is 65.1 Å². The molecule has 0 aromatic carbocycles. The van der Waals surface area contributed by atoms with Crippen LogP contribution in [0.4, 0.5) is 0 Å². The maximum absolute atomic E-state index is 13.4. The molecule has 2 saturated heterocycles. The molecule has 2 rings (SSSR count). The van der Waals surface area contributed by atoms with Crippen LogP contribution in [0.25, 0.3) is 0 Å². The van der Waals surface area contributed by atoms with E-state index in [-0.39, 0.29) is 18.9 Å². The van der Waals surface area contributed by atoms with Gasteiger partial charge in [-0.2, -0.15) is 0 Å². The second-order valence-electron chi connectivity index (χ2n) is 29.3. The predicted octanol–water partition coefficient (Wildman–Crippen LogP) is 18.6. The summed E-state index contributed by atoms with van der Waals surface area (Å²) in [5, 5.41) is 87.7. The average molecular weight is 1350 g/mol. The van der Waals surface area contributed by atoms with Gasteiger partial charge in [-0.05, 0) is 32.1 Å². The molecule has 9 N–H and O–H groups in total. The van der Waals surface area contributed by atoms with Gasteiger partial charge in [0, 0.05) is 6.42 Å². The molecular formula is C81H155NO13. The van der Waals surface area contributed by atoms with E-state index < -0.39 is 86.8 Å². The van der Waals surface area contributed by atoms with Crippen molar-refractivity contribution in [3.05, 3.63) is 24.3 Å². The van der Waals surface area contributed by atoms with E-state index in [4.69, 9.17) is 18.9 Å². The zero-order valence-corrected chi connectivity index (χ0v) is 61.7. The third-order valence-corrected chi connectivity index (χ3v) is 20.4. The van der Waals surface area contributed by atoms with Crippen molar-refractivity contribution in [1.29, 1.82) is 0 Å². The largest absolute Gasteiger partial charge is 0.394 e. The first-order valence-corrected chi connectivity index (χ1v) is 41.1. The van der Waals surface area contributed by atoms with Crippen molar-refractivity contribution in [3.8, 4) is 0 Å². The molecule has 0 bridgehead atoms. The number of hydrogen-bond donors (Lipinski definition) is 9. The van der Waals surface area contributed by atoms with Crippen molar-refractivity contribution in [3.63, 3.8) is 0 Å². The molecule has 12 unspecified atom stereocenters. The first-order chi connectivity index (χ1) is 46.6. The molecule has 0 radical (unpaired) electrons. The molecule has 14 heteroatoms. The molecule has 0 aromatic heterocycles. The van der Waals surface area contributed by atoms with Gasteiger partial charge in [0.25, 0.3) is 0 Å². The second kappa shape index (κ2) is 65.8. The van der Waals surface area contributed by atoms with E-state index in [0.717, 1.165) is 32.1 Å². The monoisotopic (exact) mass is 1350 g/mol. The average Bonchev–Trinajstić information content (AvgIpc) is 0.801. The lowest BCUT2D eigenvalue weighted by atomic mass is 9.97. The molecule has 0 spiro atoms. The zero-order valence-electron chi connectivity index (χ0n) is 61.7. The summed E-state index contributed by atoms with van der Waals surface area (Å²) in [6.45, 7) is 2.86. The first kappa shape index (κ1) is 89.6. The van der Waals surface area contributed by atoms with Crippen LogP contribution >= 0.6 is 0 Å². The molecule has 1 amide bonds. The quantitative estimate of drug-likeness (QED) is 0.0204. The summed E-state index contributed by atoms with van der Waals surface area (Å²) in [6, 6.07) is -0.931. The SMILES string of the molecule is CCCCCCCCCCCCCCCCCCCCCCCCCCCCC/C=C/CC/C=C/C(O)C(COC1OC(CO)C(OC2OC(CO)C(O)C(O)C2O)C(O)C1O)NC(=O)CCCCCCCCCCCCCCCCCCCCCCCCCCCCCC. The highest BCUT2D eigenvalue weighted by Gasteiger charge is 2.51. The third kappa shape index (κ3) is 48.9. The fourth-order valence-corrected chi connectivity index (χ4v) is 13.9. The van der Waals surface area contributed by atoms with E-state index in [2.05, 4.69) is 31.3 Å². The number of unbranched alkanes of at least 4 members (excludes halogenated alkanes) is 55. The molecule has 0 aromatic rings. The van der Waals surface area contributed by atoms with E-state index in [9.17, 15) is 45.6 Å². The lowest BCUT2D eigenvalue weighted by Crippen LogP contribution is -2.65. The Morgan fingerprint density at radius 3 is 1.03 bits per heavy atom. The number of rotatable bonds is 70. The molecule has 2 heterocycles. The number of carbonyl (C=O) groups excluding carboxylic acids is 1. The van der Waals surface area contributed by atoms with Crippen molar-refractivity contribution in [1.82, 2.24) is 5.32 Å². The normalized spacial score (nSPS) is 22.4. The molecular weight excluding hydrogens is 1190 g/mol. The predicted molar refractivity (Wildman–Crippen MR) is 392 cm³/mol. The van der Waals surface area contributed by atoms with Gasteiger partial charge in [0.2, 0.25) is 5.91 Å². The Labute approximate surface area is 583 Å². The summed E-state index contributed by atoms with van der Waals surface area (Å²) in [5.74, 6) is -0.239. The summed E-state index contributed by atoms with van der Waals surface area (Å²) < 4.78 is 22.9. The Morgan fingerprint density at radius 2 is 0.674 bits per heavy atom. The fraction of sp³-hybridized carbons (Fsp3) is 0.938. The smallest absolute Gasteiger partial charge is 0.220 e. The third-order valence-electron chi connectivity index (χ3n) is 20.4. The van der Waals surface area contributed by atoms with Crippen molar-refractivity contribution < 1.29 is 64.6 Å². The summed E-state index contributed by atoms with van der Waals surface area (Å²) in [5.41, 5.74) is 0. The number of aliphatic hydroxyl groups is 8. The Balaban J connectivity index is 1.62. The Hall–Kier alpha value is -1.53. The van der Waals surface area contributed by atoms with E-state index in [1.54, 1.807) is 6.08 Å². The van der Waals surface area contributed by atoms with Gasteiger partial charge in [0.05, 0.1) is 32.0 Å². The van der Waals surface area contributed by atoms with Crippen LogP contribution in [0.1, 0.15) is 393 Å². The maximum Gasteiger partial charge on any atom is 0.220 e. The molecule has 0 aliphatic carbocycles. The lowest BCUT2D eigenvalue weighted by Gasteiger charge is -2.46. The minimum absolute atomic E-state index is 0.239. The zero-order chi connectivity index (χ0) is 68.7. The summed E-state index contributed by atoms with van der Waals surface area (Å²) in [7, 11) is 0. The number of carbonyl (C=O) groups is 1. The molecule has 2 fully saturated rings. The van der Waals surface area contributed by atoms with Crippen LogP contribution in [-0.2, 0) is 23.7 Å². The molecule has 14 nitrogen and oxygen atoms in total. The minimum atomic E-state index is -1.79. The van der Waals surface area contributed by atoms with Gasteiger partial charge in [-0.3, -0.25) is 4.79 Å². The van der Waals surface area contributed by atoms with Crippen LogP contribution in [-0.4, -0.2) is 140 Å². The van der Waals surface area contributed by atoms with Crippen LogP contribution in [0.2, 0.25) is 0 Å². The van der Waals surface area contributed by atoms with Gasteiger partial charge >= 0.3 is 0 Å². The van der Waals surface area contributed by atoms with Crippen LogP contribution in [0.3, 0.4) is 0 Å². The molecule has 562 valence electrons. The van der Waals surface area contributed by atoms with Crippen LogP contribution < -0.4 is 5.32 Å². The molecule has 0 saturated carbocycles. The number of aliphatic hydroxyl groups excluding tert-OH is 8. The van der Waals surface area contributed by atoms with Crippen LogP contribution in [0, 0.1) is 0 Å². The molecule has 2 aliphatic rings. The van der Waals surface area contributed by atoms with Crippen molar-refractivity contribution in [2.24, 2.45) is 0 Å². The number of ether oxygens (including phenoxy) is 4. The van der Waals surface area contributed by atoms with Crippen molar-refractivity contribution in [2.45, 2.75) is 466 Å². The standard InChI is InChI=1S/C81H155NO13/c1-3-5-7-9-11-13-15-17-19-21-23-25-27-29-31-33-34-35-36-37-38-40-42-44-46-48-50-52-54-56-58-60-62-64-70(85)69(68-92-80-78(91)76(89)79(72(67-84)94-80)95-81-77(90)75(88)74(87)71(66-83)93-81)82-73(86)65-63-61-59-57-55-53-51-49-47-45-43-41-39-32-30-28-26-24-22-20-18-16-14-12-10-8-6-4-2/h54,56,62,64,69-72,74-81,83-85,87-91H,3-53,55,57-61,63,65-68H2,1-2H3,(H,82,86)/b56-54+,64-62+. The van der Waals surface area contributed by atoms with Crippen LogP contribution in [0.5, 0.6) is 0 Å². The number of nitrogens with one attached hydrogen (secondary N) is 1. The molecule has 12 atom stereocenters. The summed E-state index contributed by atoms with van der Waals surface area (Å²) in [4.78, 5) is 13.4. The van der Waals surface area contributed by atoms with Gasteiger partial charge in [0.1, 0.15) is 48.8 Å². The summed E-state index contributed by atoms with van der Waals surface area (Å²) >= 11 is 0. The fourth-order valence-electron chi connectivity index (χ4n) is 13.9. The Morgan fingerprint density at radius 1 is 0.368 bits per heavy atom. The Bertz CT molecular complexity index is 1690. The van der Waals surface area contributed by atoms with Gasteiger partial charge in [-0.15, -0.1) is 0 Å². The van der Waals surface area contributed by atoms with E-state index in [0.29, 0.717) is 12.8 Å². The molecule has 2 aliphatic heterocycles. The maximum atomic E-state index is 13.4. The highest BCUT2D eigenvalue weighted by molar-refractivity contribution is 5.76.